The van der Waals surface area contributed by atoms with Crippen LogP contribution in [0.3, 0.4) is 0 Å². The molecule has 0 fully saturated rings. The second-order valence-electron chi connectivity index (χ2n) is 6.55. The van der Waals surface area contributed by atoms with Crippen molar-refractivity contribution in [1.82, 2.24) is 0 Å². The fraction of sp³-hybridized carbons (Fsp3) is 0.273. The zero-order valence-electron chi connectivity index (χ0n) is 16.2. The third kappa shape index (κ3) is 5.85. The van der Waals surface area contributed by atoms with Crippen LogP contribution >= 0.6 is 0 Å². The van der Waals surface area contributed by atoms with Crippen molar-refractivity contribution in [3.8, 4) is 17.6 Å². The van der Waals surface area contributed by atoms with Gasteiger partial charge in [0.25, 0.3) is 5.91 Å². The lowest BCUT2D eigenvalue weighted by molar-refractivity contribution is -0.112. The summed E-state index contributed by atoms with van der Waals surface area (Å²) in [4.78, 5) is 12.3. The Hall–Kier alpha value is -3.33. The van der Waals surface area contributed by atoms with E-state index in [1.807, 2.05) is 6.07 Å². The number of benzene rings is 2. The van der Waals surface area contributed by atoms with Gasteiger partial charge in [-0.05, 0) is 48.2 Å². The maximum absolute atomic E-state index is 13.7. The molecule has 28 heavy (non-hydrogen) atoms. The van der Waals surface area contributed by atoms with Gasteiger partial charge in [-0.15, -0.1) is 0 Å². The van der Waals surface area contributed by atoms with Crippen molar-refractivity contribution in [1.29, 1.82) is 5.26 Å². The molecule has 0 saturated carbocycles. The largest absolute Gasteiger partial charge is 0.493 e. The minimum absolute atomic E-state index is 0.0140. The second kappa shape index (κ2) is 10.1. The van der Waals surface area contributed by atoms with Crippen molar-refractivity contribution in [2.24, 2.45) is 5.92 Å². The van der Waals surface area contributed by atoms with Crippen LogP contribution in [-0.4, -0.2) is 19.6 Å². The number of nitriles is 1. The van der Waals surface area contributed by atoms with Gasteiger partial charge in [-0.3, -0.25) is 4.79 Å². The smallest absolute Gasteiger partial charge is 0.266 e. The molecule has 0 bridgehead atoms. The molecule has 0 saturated heterocycles. The quantitative estimate of drug-likeness (QED) is 0.526. The van der Waals surface area contributed by atoms with E-state index in [-0.39, 0.29) is 11.3 Å². The van der Waals surface area contributed by atoms with Crippen molar-refractivity contribution in [3.05, 3.63) is 59.4 Å². The molecule has 1 amide bonds. The summed E-state index contributed by atoms with van der Waals surface area (Å²) in [6.45, 7) is 4.80. The number of methoxy groups -OCH3 is 1. The molecule has 146 valence electrons. The predicted molar refractivity (Wildman–Crippen MR) is 107 cm³/mol. The van der Waals surface area contributed by atoms with Crippen molar-refractivity contribution in [2.75, 3.05) is 19.0 Å². The zero-order chi connectivity index (χ0) is 20.5. The van der Waals surface area contributed by atoms with Gasteiger partial charge in [0.2, 0.25) is 0 Å². The number of carbonyl (C=O) groups is 1. The summed E-state index contributed by atoms with van der Waals surface area (Å²) in [5.41, 5.74) is 0.451. The molecule has 2 rings (SSSR count). The Balaban J connectivity index is 2.18. The van der Waals surface area contributed by atoms with Crippen LogP contribution in [0.4, 0.5) is 10.1 Å². The highest BCUT2D eigenvalue weighted by Crippen LogP contribution is 2.29. The molecule has 0 radical (unpaired) electrons. The topological polar surface area (TPSA) is 71.3 Å². The molecule has 0 aliphatic rings. The lowest BCUT2D eigenvalue weighted by Crippen LogP contribution is -2.14. The normalized spacial score (nSPS) is 11.1. The number of carbonyl (C=O) groups excluding carboxylic acids is 1. The summed E-state index contributed by atoms with van der Waals surface area (Å²) in [5, 5.41) is 11.7. The maximum Gasteiger partial charge on any atom is 0.266 e. The molecule has 6 heteroatoms. The molecule has 0 heterocycles. The van der Waals surface area contributed by atoms with Gasteiger partial charge in [-0.25, -0.2) is 4.39 Å². The number of hydrogen-bond acceptors (Lipinski definition) is 4. The Morgan fingerprint density at radius 2 is 2.00 bits per heavy atom. The fourth-order valence-electron chi connectivity index (χ4n) is 2.37. The van der Waals surface area contributed by atoms with Crippen molar-refractivity contribution >= 4 is 17.7 Å². The number of amides is 1. The lowest BCUT2D eigenvalue weighted by Gasteiger charge is -2.12. The average molecular weight is 382 g/mol. The van der Waals surface area contributed by atoms with Gasteiger partial charge in [0.1, 0.15) is 17.5 Å². The third-order valence-corrected chi connectivity index (χ3v) is 3.94. The van der Waals surface area contributed by atoms with Gasteiger partial charge < -0.3 is 14.8 Å². The predicted octanol–water partition coefficient (Wildman–Crippen LogP) is 4.80. The number of anilines is 1. The number of para-hydroxylation sites is 1. The van der Waals surface area contributed by atoms with Gasteiger partial charge in [0.05, 0.1) is 19.4 Å². The van der Waals surface area contributed by atoms with E-state index in [9.17, 15) is 14.4 Å². The van der Waals surface area contributed by atoms with E-state index in [1.165, 1.54) is 31.4 Å². The number of rotatable bonds is 8. The van der Waals surface area contributed by atoms with Crippen LogP contribution < -0.4 is 14.8 Å². The van der Waals surface area contributed by atoms with E-state index >= 15 is 0 Å². The van der Waals surface area contributed by atoms with E-state index in [0.29, 0.717) is 29.6 Å². The first-order valence-corrected chi connectivity index (χ1v) is 8.93. The number of hydrogen-bond donors (Lipinski definition) is 1. The third-order valence-electron chi connectivity index (χ3n) is 3.94. The summed E-state index contributed by atoms with van der Waals surface area (Å²) in [6, 6.07) is 12.7. The molecule has 2 aromatic carbocycles. The van der Waals surface area contributed by atoms with Gasteiger partial charge in [0, 0.05) is 0 Å². The minimum Gasteiger partial charge on any atom is -0.493 e. The minimum atomic E-state index is -0.691. The molecule has 0 spiro atoms. The summed E-state index contributed by atoms with van der Waals surface area (Å²) in [7, 11) is 1.52. The van der Waals surface area contributed by atoms with E-state index in [1.54, 1.807) is 24.3 Å². The Bertz CT molecular complexity index is 901. The fourth-order valence-corrected chi connectivity index (χ4v) is 2.37. The first-order chi connectivity index (χ1) is 13.4. The molecule has 2 aromatic rings. The summed E-state index contributed by atoms with van der Waals surface area (Å²) in [6.07, 6.45) is 2.33. The van der Waals surface area contributed by atoms with Gasteiger partial charge in [0.15, 0.2) is 11.5 Å². The Kier molecular flexibility index (Phi) is 7.58. The van der Waals surface area contributed by atoms with Crippen LogP contribution in [0.5, 0.6) is 11.5 Å². The zero-order valence-corrected chi connectivity index (χ0v) is 16.2. The first kappa shape index (κ1) is 21.0. The number of halogens is 1. The Morgan fingerprint density at radius 3 is 2.64 bits per heavy atom. The standard InChI is InChI=1S/C22H23FN2O3/c1-15(2)10-11-28-20-9-8-16(13-21(20)27-3)12-17(14-24)22(26)25-19-7-5-4-6-18(19)23/h4-9,12-13,15H,10-11H2,1-3H3,(H,25,26). The molecule has 1 N–H and O–H groups in total. The van der Waals surface area contributed by atoms with Crippen LogP contribution in [-0.2, 0) is 4.79 Å². The van der Waals surface area contributed by atoms with Gasteiger partial charge >= 0.3 is 0 Å². The monoisotopic (exact) mass is 382 g/mol. The number of ether oxygens (including phenoxy) is 2. The van der Waals surface area contributed by atoms with E-state index < -0.39 is 11.7 Å². The molecule has 0 aliphatic heterocycles. The van der Waals surface area contributed by atoms with E-state index in [4.69, 9.17) is 9.47 Å². The SMILES string of the molecule is COc1cc(C=C(C#N)C(=O)Nc2ccccc2F)ccc1OCCC(C)C. The van der Waals surface area contributed by atoms with Crippen LogP contribution in [0, 0.1) is 23.1 Å². The number of nitrogens with one attached hydrogen (secondary N) is 1. The van der Waals surface area contributed by atoms with Crippen LogP contribution in [0.25, 0.3) is 6.08 Å². The molecule has 5 nitrogen and oxygen atoms in total. The molecule has 0 unspecified atom stereocenters. The second-order valence-corrected chi connectivity index (χ2v) is 6.55. The molecule has 0 atom stereocenters. The van der Waals surface area contributed by atoms with Gasteiger partial charge in [-0.1, -0.05) is 32.0 Å². The highest BCUT2D eigenvalue weighted by atomic mass is 19.1. The lowest BCUT2D eigenvalue weighted by atomic mass is 10.1. The highest BCUT2D eigenvalue weighted by Gasteiger charge is 2.13. The molecular formula is C22H23FN2O3. The average Bonchev–Trinajstić information content (AvgIpc) is 2.68. The van der Waals surface area contributed by atoms with Crippen LogP contribution in [0.1, 0.15) is 25.8 Å². The van der Waals surface area contributed by atoms with Crippen LogP contribution in [0.2, 0.25) is 0 Å². The maximum atomic E-state index is 13.7. The Morgan fingerprint density at radius 1 is 1.25 bits per heavy atom. The van der Waals surface area contributed by atoms with Crippen LogP contribution in [0.15, 0.2) is 48.0 Å². The molecule has 0 aromatic heterocycles. The van der Waals surface area contributed by atoms with Crippen molar-refractivity contribution in [3.63, 3.8) is 0 Å². The Labute approximate surface area is 164 Å². The van der Waals surface area contributed by atoms with E-state index in [0.717, 1.165) is 6.42 Å². The van der Waals surface area contributed by atoms with E-state index in [2.05, 4.69) is 19.2 Å². The van der Waals surface area contributed by atoms with Gasteiger partial charge in [-0.2, -0.15) is 5.26 Å². The van der Waals surface area contributed by atoms with Crippen molar-refractivity contribution in [2.45, 2.75) is 20.3 Å². The van der Waals surface area contributed by atoms with Crippen molar-refractivity contribution < 1.29 is 18.7 Å². The summed E-state index contributed by atoms with van der Waals surface area (Å²) < 4.78 is 24.8. The summed E-state index contributed by atoms with van der Waals surface area (Å²) in [5.74, 6) is 0.361. The number of nitrogens with zero attached hydrogens (tertiary/aromatic N) is 1. The summed E-state index contributed by atoms with van der Waals surface area (Å²) >= 11 is 0. The molecular weight excluding hydrogens is 359 g/mol. The highest BCUT2D eigenvalue weighted by molar-refractivity contribution is 6.09. The molecule has 0 aliphatic carbocycles. The first-order valence-electron chi connectivity index (χ1n) is 8.93.